The van der Waals surface area contributed by atoms with Crippen molar-refractivity contribution in [1.29, 1.82) is 0 Å². The maximum Gasteiger partial charge on any atom is 0.172 e. The third kappa shape index (κ3) is 3.65. The number of phenolic OH excluding ortho intramolecular Hbond substituents is 1. The van der Waals surface area contributed by atoms with Crippen LogP contribution in [0.15, 0.2) is 16.6 Å². The first-order valence-electron chi connectivity index (χ1n) is 7.15. The largest absolute Gasteiger partial charge is 0.503 e. The first-order chi connectivity index (χ1) is 9.65. The molecule has 1 aromatic rings. The quantitative estimate of drug-likeness (QED) is 0.863. The summed E-state index contributed by atoms with van der Waals surface area (Å²) in [5.74, 6) is 0.676. The molecule has 1 heterocycles. The number of nitrogens with zero attached hydrogens (tertiary/aromatic N) is 1. The number of phenols is 1. The molecule has 2 rings (SSSR count). The molecule has 20 heavy (non-hydrogen) atoms. The Morgan fingerprint density at radius 1 is 1.45 bits per heavy atom. The molecule has 4 nitrogen and oxygen atoms in total. The number of aromatic hydroxyl groups is 1. The molecule has 112 valence electrons. The fourth-order valence-electron chi connectivity index (χ4n) is 2.90. The van der Waals surface area contributed by atoms with Gasteiger partial charge in [-0.2, -0.15) is 0 Å². The van der Waals surface area contributed by atoms with Gasteiger partial charge in [0.15, 0.2) is 11.5 Å². The molecule has 0 spiro atoms. The fourth-order valence-corrected chi connectivity index (χ4v) is 3.39. The van der Waals surface area contributed by atoms with Crippen molar-refractivity contribution in [3.8, 4) is 11.5 Å². The van der Waals surface area contributed by atoms with E-state index in [9.17, 15) is 5.11 Å². The third-order valence-corrected chi connectivity index (χ3v) is 4.55. The lowest BCUT2D eigenvalue weighted by Gasteiger charge is -2.35. The van der Waals surface area contributed by atoms with Crippen LogP contribution in [0.5, 0.6) is 11.5 Å². The Bertz CT molecular complexity index is 452. The van der Waals surface area contributed by atoms with Gasteiger partial charge in [0.2, 0.25) is 0 Å². The summed E-state index contributed by atoms with van der Waals surface area (Å²) in [6.45, 7) is 2.73. The number of likely N-dealkylation sites (tertiary alicyclic amines) is 1. The monoisotopic (exact) mass is 342 g/mol. The van der Waals surface area contributed by atoms with Gasteiger partial charge in [-0.3, -0.25) is 4.90 Å². The SMILES string of the molecule is COc1cc(CN2CCCCC2CCN)cc(Br)c1O. The second-order valence-corrected chi connectivity index (χ2v) is 6.18. The van der Waals surface area contributed by atoms with Crippen LogP contribution in [0.25, 0.3) is 0 Å². The number of benzene rings is 1. The predicted molar refractivity (Wildman–Crippen MR) is 84.1 cm³/mol. The van der Waals surface area contributed by atoms with E-state index < -0.39 is 0 Å². The number of piperidine rings is 1. The Morgan fingerprint density at radius 2 is 2.25 bits per heavy atom. The summed E-state index contributed by atoms with van der Waals surface area (Å²) in [6.07, 6.45) is 4.82. The van der Waals surface area contributed by atoms with Gasteiger partial charge in [0.25, 0.3) is 0 Å². The molecule has 0 radical (unpaired) electrons. The van der Waals surface area contributed by atoms with E-state index in [2.05, 4.69) is 20.8 Å². The molecule has 5 heteroatoms. The number of hydrogen-bond acceptors (Lipinski definition) is 4. The Morgan fingerprint density at radius 3 is 2.95 bits per heavy atom. The van der Waals surface area contributed by atoms with E-state index >= 15 is 0 Å². The zero-order valence-corrected chi connectivity index (χ0v) is 13.5. The van der Waals surface area contributed by atoms with Crippen LogP contribution in [-0.4, -0.2) is 36.2 Å². The molecule has 1 fully saturated rings. The van der Waals surface area contributed by atoms with Crippen LogP contribution in [0, 0.1) is 0 Å². The first-order valence-corrected chi connectivity index (χ1v) is 7.94. The van der Waals surface area contributed by atoms with Crippen molar-refractivity contribution in [1.82, 2.24) is 4.90 Å². The Labute approximate surface area is 129 Å². The van der Waals surface area contributed by atoms with E-state index in [-0.39, 0.29) is 5.75 Å². The maximum absolute atomic E-state index is 9.86. The van der Waals surface area contributed by atoms with E-state index in [0.717, 1.165) is 31.6 Å². The van der Waals surface area contributed by atoms with Crippen molar-refractivity contribution in [3.63, 3.8) is 0 Å². The average molecular weight is 343 g/mol. The van der Waals surface area contributed by atoms with Gasteiger partial charge >= 0.3 is 0 Å². The van der Waals surface area contributed by atoms with E-state index in [1.54, 1.807) is 7.11 Å². The lowest BCUT2D eigenvalue weighted by molar-refractivity contribution is 0.134. The van der Waals surface area contributed by atoms with Crippen molar-refractivity contribution >= 4 is 15.9 Å². The van der Waals surface area contributed by atoms with E-state index in [4.69, 9.17) is 10.5 Å². The average Bonchev–Trinajstić information content (AvgIpc) is 2.45. The van der Waals surface area contributed by atoms with E-state index in [1.165, 1.54) is 19.3 Å². The number of hydrogen-bond donors (Lipinski definition) is 2. The Balaban J connectivity index is 2.13. The van der Waals surface area contributed by atoms with Gasteiger partial charge in [-0.15, -0.1) is 0 Å². The summed E-state index contributed by atoms with van der Waals surface area (Å²) >= 11 is 3.38. The molecule has 1 aromatic carbocycles. The van der Waals surface area contributed by atoms with Crippen molar-refractivity contribution in [2.75, 3.05) is 20.2 Å². The minimum absolute atomic E-state index is 0.161. The normalized spacial score (nSPS) is 20.1. The topological polar surface area (TPSA) is 58.7 Å². The van der Waals surface area contributed by atoms with Crippen LogP contribution in [0.2, 0.25) is 0 Å². The highest BCUT2D eigenvalue weighted by molar-refractivity contribution is 9.10. The van der Waals surface area contributed by atoms with Crippen LogP contribution in [0.4, 0.5) is 0 Å². The van der Waals surface area contributed by atoms with Crippen LogP contribution in [0.1, 0.15) is 31.2 Å². The fraction of sp³-hybridized carbons (Fsp3) is 0.600. The smallest absolute Gasteiger partial charge is 0.172 e. The molecule has 1 aliphatic heterocycles. The highest BCUT2D eigenvalue weighted by atomic mass is 79.9. The van der Waals surface area contributed by atoms with Crippen molar-refractivity contribution in [2.45, 2.75) is 38.3 Å². The Hall–Kier alpha value is -0.780. The highest BCUT2D eigenvalue weighted by Gasteiger charge is 2.22. The lowest BCUT2D eigenvalue weighted by atomic mass is 9.98. The second kappa shape index (κ2) is 7.29. The van der Waals surface area contributed by atoms with Gasteiger partial charge < -0.3 is 15.6 Å². The molecule has 1 unspecified atom stereocenters. The molecule has 0 saturated carbocycles. The van der Waals surface area contributed by atoms with Gasteiger partial charge in [-0.05, 0) is 66.0 Å². The summed E-state index contributed by atoms with van der Waals surface area (Å²) < 4.78 is 5.89. The number of halogens is 1. The second-order valence-electron chi connectivity index (χ2n) is 5.33. The predicted octanol–water partition coefficient (Wildman–Crippen LogP) is 2.87. The summed E-state index contributed by atoms with van der Waals surface area (Å²) in [4.78, 5) is 2.49. The van der Waals surface area contributed by atoms with Crippen LogP contribution in [-0.2, 0) is 6.54 Å². The van der Waals surface area contributed by atoms with Crippen molar-refractivity contribution in [3.05, 3.63) is 22.2 Å². The molecule has 3 N–H and O–H groups in total. The molecule has 0 amide bonds. The molecular weight excluding hydrogens is 320 g/mol. The summed E-state index contributed by atoms with van der Waals surface area (Å²) in [6, 6.07) is 4.45. The zero-order valence-electron chi connectivity index (χ0n) is 11.9. The van der Waals surface area contributed by atoms with Gasteiger partial charge in [0.1, 0.15) is 0 Å². The summed E-state index contributed by atoms with van der Waals surface area (Å²) in [5, 5.41) is 9.86. The third-order valence-electron chi connectivity index (χ3n) is 3.94. The number of methoxy groups -OCH3 is 1. The minimum atomic E-state index is 0.161. The first kappa shape index (κ1) is 15.6. The molecular formula is C15H23BrN2O2. The number of rotatable bonds is 5. The summed E-state index contributed by atoms with van der Waals surface area (Å²) in [7, 11) is 1.57. The highest BCUT2D eigenvalue weighted by Crippen LogP contribution is 2.36. The molecule has 1 saturated heterocycles. The van der Waals surface area contributed by atoms with E-state index in [0.29, 0.717) is 16.3 Å². The molecule has 0 bridgehead atoms. The van der Waals surface area contributed by atoms with Gasteiger partial charge in [0.05, 0.1) is 11.6 Å². The van der Waals surface area contributed by atoms with Crippen molar-refractivity contribution < 1.29 is 9.84 Å². The molecule has 1 aliphatic rings. The van der Waals surface area contributed by atoms with Crippen LogP contribution < -0.4 is 10.5 Å². The molecule has 0 aromatic heterocycles. The number of ether oxygens (including phenoxy) is 1. The van der Waals surface area contributed by atoms with Gasteiger partial charge in [-0.25, -0.2) is 0 Å². The van der Waals surface area contributed by atoms with Crippen molar-refractivity contribution in [2.24, 2.45) is 5.73 Å². The van der Waals surface area contributed by atoms with Gasteiger partial charge in [-0.1, -0.05) is 6.42 Å². The lowest BCUT2D eigenvalue weighted by Crippen LogP contribution is -2.40. The van der Waals surface area contributed by atoms with Crippen LogP contribution in [0.3, 0.4) is 0 Å². The Kier molecular flexibility index (Phi) is 5.69. The van der Waals surface area contributed by atoms with Crippen LogP contribution >= 0.6 is 15.9 Å². The number of nitrogens with two attached hydrogens (primary N) is 1. The zero-order chi connectivity index (χ0) is 14.5. The summed E-state index contributed by atoms with van der Waals surface area (Å²) in [5.41, 5.74) is 6.87. The molecule has 0 aliphatic carbocycles. The van der Waals surface area contributed by atoms with E-state index in [1.807, 2.05) is 12.1 Å². The molecule has 1 atom stereocenters. The van der Waals surface area contributed by atoms with Gasteiger partial charge in [0, 0.05) is 12.6 Å². The minimum Gasteiger partial charge on any atom is -0.503 e. The standard InChI is InChI=1S/C15H23BrN2O2/c1-20-14-9-11(8-13(16)15(14)19)10-18-7-3-2-4-12(18)5-6-17/h8-9,12,19H,2-7,10,17H2,1H3. The maximum atomic E-state index is 9.86.